The second-order valence-corrected chi connectivity index (χ2v) is 6.14. The lowest BCUT2D eigenvalue weighted by Crippen LogP contribution is -2.38. The number of piperidine rings is 1. The van der Waals surface area contributed by atoms with Gasteiger partial charge in [0.25, 0.3) is 0 Å². The number of hydrogen-bond donors (Lipinski definition) is 1. The zero-order valence-corrected chi connectivity index (χ0v) is 12.0. The van der Waals surface area contributed by atoms with Gasteiger partial charge in [0.2, 0.25) is 0 Å². The van der Waals surface area contributed by atoms with Crippen molar-refractivity contribution in [3.8, 4) is 0 Å². The van der Waals surface area contributed by atoms with Gasteiger partial charge in [-0.2, -0.15) is 0 Å². The van der Waals surface area contributed by atoms with Crippen LogP contribution in [0.3, 0.4) is 0 Å². The average molecular weight is 246 g/mol. The van der Waals surface area contributed by atoms with E-state index in [1.807, 2.05) is 6.07 Å². The van der Waals surface area contributed by atoms with E-state index in [0.29, 0.717) is 5.41 Å². The molecule has 0 unspecified atom stereocenters. The molecule has 0 spiro atoms. The minimum Gasteiger partial charge on any atom is -0.398 e. The normalized spacial score (nSPS) is 19.9. The van der Waals surface area contributed by atoms with Crippen molar-refractivity contribution in [1.82, 2.24) is 4.90 Å². The van der Waals surface area contributed by atoms with Gasteiger partial charge in [-0.25, -0.2) is 0 Å². The fraction of sp³-hybridized carbons (Fsp3) is 0.625. The Balaban J connectivity index is 1.97. The molecule has 2 heteroatoms. The van der Waals surface area contributed by atoms with Gasteiger partial charge in [-0.3, -0.25) is 4.90 Å². The lowest BCUT2D eigenvalue weighted by atomic mass is 9.78. The molecule has 1 aliphatic heterocycles. The van der Waals surface area contributed by atoms with Crippen LogP contribution in [-0.4, -0.2) is 18.0 Å². The number of aryl methyl sites for hydroxylation is 1. The van der Waals surface area contributed by atoms with Crippen LogP contribution < -0.4 is 5.73 Å². The van der Waals surface area contributed by atoms with E-state index >= 15 is 0 Å². The maximum Gasteiger partial charge on any atom is 0.0359 e. The second kappa shape index (κ2) is 5.31. The molecule has 0 amide bonds. The largest absolute Gasteiger partial charge is 0.398 e. The molecular weight excluding hydrogens is 220 g/mol. The van der Waals surface area contributed by atoms with E-state index in [1.54, 1.807) is 0 Å². The zero-order valence-electron chi connectivity index (χ0n) is 12.0. The number of benzene rings is 1. The van der Waals surface area contributed by atoms with Gasteiger partial charge in [-0.05, 0) is 49.9 Å². The minimum atomic E-state index is 0.564. The topological polar surface area (TPSA) is 29.3 Å². The molecule has 2 rings (SSSR count). The van der Waals surface area contributed by atoms with E-state index in [-0.39, 0.29) is 0 Å². The molecule has 1 heterocycles. The summed E-state index contributed by atoms with van der Waals surface area (Å²) in [6, 6.07) is 6.34. The predicted molar refractivity (Wildman–Crippen MR) is 78.5 cm³/mol. The Morgan fingerprint density at radius 3 is 2.56 bits per heavy atom. The summed E-state index contributed by atoms with van der Waals surface area (Å²) in [4.78, 5) is 2.54. The van der Waals surface area contributed by atoms with Crippen molar-refractivity contribution in [1.29, 1.82) is 0 Å². The van der Waals surface area contributed by atoms with Crippen molar-refractivity contribution in [2.75, 3.05) is 18.8 Å². The van der Waals surface area contributed by atoms with Gasteiger partial charge in [-0.15, -0.1) is 0 Å². The maximum absolute atomic E-state index is 6.06. The van der Waals surface area contributed by atoms with Crippen LogP contribution in [0.25, 0.3) is 0 Å². The monoisotopic (exact) mass is 246 g/mol. The molecule has 0 bridgehead atoms. The van der Waals surface area contributed by atoms with E-state index in [1.165, 1.54) is 43.5 Å². The summed E-state index contributed by atoms with van der Waals surface area (Å²) in [5.41, 5.74) is 10.1. The predicted octanol–water partition coefficient (Wildman–Crippen LogP) is 3.59. The maximum atomic E-state index is 6.06. The summed E-state index contributed by atoms with van der Waals surface area (Å²) in [6.45, 7) is 10.3. The minimum absolute atomic E-state index is 0.564. The summed E-state index contributed by atoms with van der Waals surface area (Å²) < 4.78 is 0. The molecule has 0 aliphatic carbocycles. The highest BCUT2D eigenvalue weighted by molar-refractivity contribution is 5.48. The third-order valence-corrected chi connectivity index (χ3v) is 4.61. The van der Waals surface area contributed by atoms with E-state index < -0.39 is 0 Å². The number of nitrogen functional groups attached to an aromatic ring is 1. The Morgan fingerprint density at radius 2 is 1.94 bits per heavy atom. The Labute approximate surface area is 111 Å². The lowest BCUT2D eigenvalue weighted by Gasteiger charge is -2.39. The zero-order chi connectivity index (χ0) is 13.2. The molecule has 1 aliphatic rings. The highest BCUT2D eigenvalue weighted by Gasteiger charge is 2.28. The van der Waals surface area contributed by atoms with Crippen LogP contribution in [0.2, 0.25) is 0 Å². The molecule has 1 aromatic carbocycles. The van der Waals surface area contributed by atoms with Crippen LogP contribution >= 0.6 is 0 Å². The van der Waals surface area contributed by atoms with Crippen LogP contribution in [0.5, 0.6) is 0 Å². The highest BCUT2D eigenvalue weighted by atomic mass is 15.1. The van der Waals surface area contributed by atoms with Crippen molar-refractivity contribution < 1.29 is 0 Å². The van der Waals surface area contributed by atoms with Gasteiger partial charge < -0.3 is 5.73 Å². The highest BCUT2D eigenvalue weighted by Crippen LogP contribution is 2.34. The van der Waals surface area contributed by atoms with Crippen LogP contribution in [0.4, 0.5) is 5.69 Å². The Kier molecular flexibility index (Phi) is 3.96. The molecule has 1 saturated heterocycles. The molecular formula is C16H26N2. The van der Waals surface area contributed by atoms with Gasteiger partial charge in [-0.1, -0.05) is 38.0 Å². The summed E-state index contributed by atoms with van der Waals surface area (Å²) in [6.07, 6.45) is 3.93. The quantitative estimate of drug-likeness (QED) is 0.826. The van der Waals surface area contributed by atoms with Crippen molar-refractivity contribution in [2.45, 2.75) is 46.6 Å². The molecule has 0 radical (unpaired) electrons. The van der Waals surface area contributed by atoms with E-state index in [2.05, 4.69) is 37.8 Å². The Bertz CT molecular complexity index is 404. The Morgan fingerprint density at radius 1 is 1.28 bits per heavy atom. The van der Waals surface area contributed by atoms with Crippen LogP contribution in [-0.2, 0) is 6.54 Å². The number of likely N-dealkylation sites (tertiary alicyclic amines) is 1. The second-order valence-electron chi connectivity index (χ2n) is 6.14. The standard InChI is InChI=1S/C16H26N2/c1-4-16(3)7-9-18(10-8-16)12-14-11-13(2)5-6-15(14)17/h5-6,11H,4,7-10,12,17H2,1-3H3. The third kappa shape index (κ3) is 3.05. The van der Waals surface area contributed by atoms with Crippen molar-refractivity contribution >= 4 is 5.69 Å². The van der Waals surface area contributed by atoms with Gasteiger partial charge in [0.05, 0.1) is 0 Å². The van der Waals surface area contributed by atoms with Crippen molar-refractivity contribution in [3.63, 3.8) is 0 Å². The summed E-state index contributed by atoms with van der Waals surface area (Å²) in [5.74, 6) is 0. The number of anilines is 1. The number of hydrogen-bond acceptors (Lipinski definition) is 2. The molecule has 0 atom stereocenters. The molecule has 1 aromatic rings. The first-order chi connectivity index (χ1) is 8.52. The third-order valence-electron chi connectivity index (χ3n) is 4.61. The summed E-state index contributed by atoms with van der Waals surface area (Å²) in [7, 11) is 0. The van der Waals surface area contributed by atoms with Gasteiger partial charge in [0, 0.05) is 12.2 Å². The number of nitrogens with zero attached hydrogens (tertiary/aromatic N) is 1. The fourth-order valence-electron chi connectivity index (χ4n) is 2.72. The number of nitrogens with two attached hydrogens (primary N) is 1. The molecule has 18 heavy (non-hydrogen) atoms. The smallest absolute Gasteiger partial charge is 0.0359 e. The fourth-order valence-corrected chi connectivity index (χ4v) is 2.72. The van der Waals surface area contributed by atoms with Crippen molar-refractivity contribution in [2.24, 2.45) is 5.41 Å². The molecule has 0 saturated carbocycles. The Hall–Kier alpha value is -1.02. The van der Waals surface area contributed by atoms with Gasteiger partial charge >= 0.3 is 0 Å². The molecule has 2 nitrogen and oxygen atoms in total. The first-order valence-electron chi connectivity index (χ1n) is 7.10. The summed E-state index contributed by atoms with van der Waals surface area (Å²) >= 11 is 0. The molecule has 100 valence electrons. The van der Waals surface area contributed by atoms with E-state index in [4.69, 9.17) is 5.73 Å². The van der Waals surface area contributed by atoms with E-state index in [9.17, 15) is 0 Å². The van der Waals surface area contributed by atoms with Crippen LogP contribution in [0.15, 0.2) is 18.2 Å². The average Bonchev–Trinajstić information content (AvgIpc) is 2.37. The first kappa shape index (κ1) is 13.4. The molecule has 1 fully saturated rings. The number of rotatable bonds is 3. The van der Waals surface area contributed by atoms with Crippen molar-refractivity contribution in [3.05, 3.63) is 29.3 Å². The van der Waals surface area contributed by atoms with Gasteiger partial charge in [0.15, 0.2) is 0 Å². The molecule has 2 N–H and O–H groups in total. The lowest BCUT2D eigenvalue weighted by molar-refractivity contribution is 0.110. The SMILES string of the molecule is CCC1(C)CCN(Cc2cc(C)ccc2N)CC1. The van der Waals surface area contributed by atoms with Crippen LogP contribution in [0, 0.1) is 12.3 Å². The van der Waals surface area contributed by atoms with E-state index in [0.717, 1.165) is 12.2 Å². The first-order valence-corrected chi connectivity index (χ1v) is 7.10. The van der Waals surface area contributed by atoms with Gasteiger partial charge in [0.1, 0.15) is 0 Å². The van der Waals surface area contributed by atoms with Crippen LogP contribution in [0.1, 0.15) is 44.2 Å². The molecule has 0 aromatic heterocycles. The summed E-state index contributed by atoms with van der Waals surface area (Å²) in [5, 5.41) is 0.